The van der Waals surface area contributed by atoms with Gasteiger partial charge in [-0.15, -0.1) is 0 Å². The van der Waals surface area contributed by atoms with E-state index < -0.39 is 0 Å². The van der Waals surface area contributed by atoms with E-state index in [9.17, 15) is 4.79 Å². The van der Waals surface area contributed by atoms with Crippen LogP contribution in [0.1, 0.15) is 0 Å². The summed E-state index contributed by atoms with van der Waals surface area (Å²) in [5.41, 5.74) is 12.4. The van der Waals surface area contributed by atoms with Crippen LogP contribution in [-0.2, 0) is 0 Å². The topological polar surface area (TPSA) is 40.1 Å². The van der Waals surface area contributed by atoms with Crippen LogP contribution < -0.4 is 5.43 Å². The number of nitrogens with zero attached hydrogens (tertiary/aromatic N) is 2. The third-order valence-electron chi connectivity index (χ3n) is 10.7. The first-order valence-corrected chi connectivity index (χ1v) is 17.9. The zero-order valence-corrected chi connectivity index (χ0v) is 28.5. The van der Waals surface area contributed by atoms with Gasteiger partial charge in [0, 0.05) is 39.0 Å². The molecule has 53 heavy (non-hydrogen) atoms. The van der Waals surface area contributed by atoms with Gasteiger partial charge < -0.3 is 13.6 Å². The van der Waals surface area contributed by atoms with Crippen molar-refractivity contribution in [2.75, 3.05) is 0 Å². The third kappa shape index (κ3) is 4.52. The summed E-state index contributed by atoms with van der Waals surface area (Å²) in [6, 6.07) is 63.4. The Kier molecular flexibility index (Phi) is 6.37. The van der Waals surface area contributed by atoms with Gasteiger partial charge in [0.05, 0.1) is 32.8 Å². The Morgan fingerprint density at radius 3 is 1.49 bits per heavy atom. The monoisotopic (exact) mass is 678 g/mol. The molecule has 0 spiro atoms. The van der Waals surface area contributed by atoms with E-state index in [4.69, 9.17) is 4.42 Å². The fourth-order valence-corrected chi connectivity index (χ4v) is 8.23. The molecule has 8 aromatic carbocycles. The number of benzene rings is 8. The second-order valence-corrected chi connectivity index (χ2v) is 13.7. The predicted molar refractivity (Wildman–Crippen MR) is 220 cm³/mol. The minimum atomic E-state index is -0.0170. The zero-order valence-electron chi connectivity index (χ0n) is 28.5. The van der Waals surface area contributed by atoms with Crippen molar-refractivity contribution in [3.8, 4) is 33.6 Å². The van der Waals surface area contributed by atoms with Crippen molar-refractivity contribution in [3.63, 3.8) is 0 Å². The molecule has 4 heteroatoms. The largest absolute Gasteiger partial charge is 0.456 e. The van der Waals surface area contributed by atoms with Crippen LogP contribution in [0.4, 0.5) is 0 Å². The van der Waals surface area contributed by atoms with Crippen LogP contribution >= 0.6 is 0 Å². The third-order valence-corrected chi connectivity index (χ3v) is 10.7. The highest BCUT2D eigenvalue weighted by molar-refractivity contribution is 6.13. The van der Waals surface area contributed by atoms with Crippen LogP contribution in [0.5, 0.6) is 0 Å². The van der Waals surface area contributed by atoms with Crippen LogP contribution in [0.15, 0.2) is 191 Å². The minimum Gasteiger partial charge on any atom is -0.456 e. The summed E-state index contributed by atoms with van der Waals surface area (Å²) >= 11 is 0. The number of fused-ring (bicyclic) bond motifs is 8. The van der Waals surface area contributed by atoms with Gasteiger partial charge >= 0.3 is 0 Å². The Hall–Kier alpha value is -7.17. The second kappa shape index (κ2) is 11.4. The molecule has 3 heterocycles. The van der Waals surface area contributed by atoms with Gasteiger partial charge in [-0.1, -0.05) is 97.1 Å². The summed E-state index contributed by atoms with van der Waals surface area (Å²) in [6.45, 7) is 0. The van der Waals surface area contributed by atoms with E-state index in [1.54, 1.807) is 0 Å². The fraction of sp³-hybridized carbons (Fsp3) is 0. The second-order valence-electron chi connectivity index (χ2n) is 13.7. The lowest BCUT2D eigenvalue weighted by Gasteiger charge is -2.10. The van der Waals surface area contributed by atoms with Gasteiger partial charge in [-0.25, -0.2) is 0 Å². The van der Waals surface area contributed by atoms with Crippen molar-refractivity contribution in [2.24, 2.45) is 0 Å². The molecule has 0 fully saturated rings. The Bertz CT molecular complexity index is 3300. The molecule has 0 atom stereocenters. The van der Waals surface area contributed by atoms with E-state index in [1.165, 1.54) is 27.4 Å². The minimum absolute atomic E-state index is 0.0170. The lowest BCUT2D eigenvalue weighted by Crippen LogP contribution is -2.03. The van der Waals surface area contributed by atoms with Crippen LogP contribution in [0.25, 0.3) is 99.2 Å². The molecule has 0 N–H and O–H groups in total. The molecular formula is C49H30N2O2. The summed E-state index contributed by atoms with van der Waals surface area (Å²) in [4.78, 5) is 13.4. The average Bonchev–Trinajstić information content (AvgIpc) is 3.73. The maximum Gasteiger partial charge on any atom is 0.200 e. The van der Waals surface area contributed by atoms with E-state index in [0.717, 1.165) is 49.9 Å². The first kappa shape index (κ1) is 29.5. The van der Waals surface area contributed by atoms with Gasteiger partial charge in [0.1, 0.15) is 11.2 Å². The molecule has 0 saturated carbocycles. The van der Waals surface area contributed by atoms with Crippen molar-refractivity contribution >= 4 is 65.6 Å². The number of para-hydroxylation sites is 3. The quantitative estimate of drug-likeness (QED) is 0.174. The van der Waals surface area contributed by atoms with Gasteiger partial charge in [0.15, 0.2) is 0 Å². The molecule has 0 aliphatic heterocycles. The highest BCUT2D eigenvalue weighted by Crippen LogP contribution is 2.40. The van der Waals surface area contributed by atoms with Crippen LogP contribution in [-0.4, -0.2) is 9.13 Å². The summed E-state index contributed by atoms with van der Waals surface area (Å²) in [5, 5.41) is 5.93. The summed E-state index contributed by atoms with van der Waals surface area (Å²) < 4.78 is 11.0. The smallest absolute Gasteiger partial charge is 0.200 e. The Morgan fingerprint density at radius 2 is 0.811 bits per heavy atom. The Labute approximate surface area is 304 Å². The maximum absolute atomic E-state index is 13.4. The molecule has 248 valence electrons. The molecule has 4 nitrogen and oxygen atoms in total. The first-order chi connectivity index (χ1) is 26.2. The van der Waals surface area contributed by atoms with E-state index in [1.807, 2.05) is 42.5 Å². The number of rotatable bonds is 4. The predicted octanol–water partition coefficient (Wildman–Crippen LogP) is 12.5. The Morgan fingerprint density at radius 1 is 0.321 bits per heavy atom. The van der Waals surface area contributed by atoms with Crippen molar-refractivity contribution in [2.45, 2.75) is 0 Å². The normalized spacial score (nSPS) is 11.8. The SMILES string of the molecule is O=c1c2ccccc2oc2cc(-n3c4ccc(-c5ccccc5)cc4c4cc(-c5ccc6c(c5)c5ccccc5n6-c5ccccc5)ccc43)ccc12. The molecule has 0 unspecified atom stereocenters. The molecule has 3 aromatic heterocycles. The van der Waals surface area contributed by atoms with Crippen LogP contribution in [0.2, 0.25) is 0 Å². The highest BCUT2D eigenvalue weighted by atomic mass is 16.3. The van der Waals surface area contributed by atoms with Gasteiger partial charge in [0.2, 0.25) is 5.43 Å². The molecule has 11 aromatic rings. The molecule has 0 amide bonds. The number of hydrogen-bond acceptors (Lipinski definition) is 2. The molecule has 0 aliphatic carbocycles. The number of aromatic nitrogens is 2. The van der Waals surface area contributed by atoms with Crippen molar-refractivity contribution in [3.05, 3.63) is 192 Å². The van der Waals surface area contributed by atoms with Crippen molar-refractivity contribution in [1.82, 2.24) is 9.13 Å². The van der Waals surface area contributed by atoms with Crippen molar-refractivity contribution < 1.29 is 4.42 Å². The lowest BCUT2D eigenvalue weighted by molar-refractivity contribution is 0.659. The summed E-state index contributed by atoms with van der Waals surface area (Å²) in [5.74, 6) is 0. The number of hydrogen-bond donors (Lipinski definition) is 0. The molecule has 0 bridgehead atoms. The van der Waals surface area contributed by atoms with E-state index in [2.05, 4.69) is 149 Å². The zero-order chi connectivity index (χ0) is 35.0. The maximum atomic E-state index is 13.4. The van der Waals surface area contributed by atoms with Crippen molar-refractivity contribution in [1.29, 1.82) is 0 Å². The highest BCUT2D eigenvalue weighted by Gasteiger charge is 2.18. The molecular weight excluding hydrogens is 649 g/mol. The Balaban J connectivity index is 1.14. The molecule has 0 radical (unpaired) electrons. The standard InChI is InChI=1S/C49H30N2O2/c52-49-38-16-8-10-18-47(38)53-48-30-36(22-23-39(48)49)51-45-24-19-32(31-11-3-1-4-12-31)27-41(45)42-29-34(21-26-46(42)51)33-20-25-44-40(28-33)37-15-7-9-17-43(37)50(44)35-13-5-2-6-14-35/h1-30H. The van der Waals surface area contributed by atoms with Gasteiger partial charge in [-0.3, -0.25) is 4.79 Å². The van der Waals surface area contributed by atoms with Gasteiger partial charge in [-0.2, -0.15) is 0 Å². The molecule has 0 saturated heterocycles. The van der Waals surface area contributed by atoms with E-state index in [0.29, 0.717) is 21.9 Å². The van der Waals surface area contributed by atoms with E-state index in [-0.39, 0.29) is 5.43 Å². The molecule has 0 aliphatic rings. The molecule has 11 rings (SSSR count). The average molecular weight is 679 g/mol. The van der Waals surface area contributed by atoms with Crippen LogP contribution in [0.3, 0.4) is 0 Å². The van der Waals surface area contributed by atoms with Crippen LogP contribution in [0, 0.1) is 0 Å². The fourth-order valence-electron chi connectivity index (χ4n) is 8.23. The summed E-state index contributed by atoms with van der Waals surface area (Å²) in [6.07, 6.45) is 0. The van der Waals surface area contributed by atoms with E-state index >= 15 is 0 Å². The lowest BCUT2D eigenvalue weighted by atomic mass is 9.99. The van der Waals surface area contributed by atoms with Gasteiger partial charge in [0.25, 0.3) is 0 Å². The first-order valence-electron chi connectivity index (χ1n) is 17.9. The van der Waals surface area contributed by atoms with Gasteiger partial charge in [-0.05, 0) is 101 Å². The summed E-state index contributed by atoms with van der Waals surface area (Å²) in [7, 11) is 0.